The molecular formula is C20H25ClN2O. The first kappa shape index (κ1) is 18.5. The highest BCUT2D eigenvalue weighted by Crippen LogP contribution is 2.13. The van der Waals surface area contributed by atoms with Crippen molar-refractivity contribution in [2.45, 2.75) is 25.7 Å². The van der Waals surface area contributed by atoms with Crippen LogP contribution in [0.4, 0.5) is 5.69 Å². The molecule has 0 atom stereocenters. The van der Waals surface area contributed by atoms with E-state index >= 15 is 0 Å². The van der Waals surface area contributed by atoms with Gasteiger partial charge in [-0.2, -0.15) is 0 Å². The van der Waals surface area contributed by atoms with Crippen LogP contribution < -0.4 is 5.32 Å². The van der Waals surface area contributed by atoms with Crippen LogP contribution in [0.3, 0.4) is 0 Å². The second-order valence-corrected chi connectivity index (χ2v) is 6.71. The lowest BCUT2D eigenvalue weighted by Gasteiger charge is -2.10. The minimum atomic E-state index is 0.0602. The number of hydrogen-bond donors (Lipinski definition) is 1. The van der Waals surface area contributed by atoms with Crippen molar-refractivity contribution in [3.05, 3.63) is 64.7 Å². The van der Waals surface area contributed by atoms with E-state index in [2.05, 4.69) is 36.4 Å². The average Bonchev–Trinajstić information content (AvgIpc) is 2.56. The van der Waals surface area contributed by atoms with E-state index in [0.717, 1.165) is 36.5 Å². The summed E-state index contributed by atoms with van der Waals surface area (Å²) in [6.45, 7) is 1.02. The van der Waals surface area contributed by atoms with Gasteiger partial charge in [0.1, 0.15) is 0 Å². The van der Waals surface area contributed by atoms with Crippen molar-refractivity contribution in [3.8, 4) is 0 Å². The second-order valence-electron chi connectivity index (χ2n) is 6.28. The molecule has 128 valence electrons. The summed E-state index contributed by atoms with van der Waals surface area (Å²) in [6, 6.07) is 15.9. The number of nitrogens with zero attached hydrogens (tertiary/aromatic N) is 1. The van der Waals surface area contributed by atoms with E-state index in [-0.39, 0.29) is 5.91 Å². The van der Waals surface area contributed by atoms with Crippen LogP contribution in [0, 0.1) is 0 Å². The third-order valence-electron chi connectivity index (χ3n) is 3.87. The van der Waals surface area contributed by atoms with Gasteiger partial charge in [0, 0.05) is 23.7 Å². The fourth-order valence-corrected chi connectivity index (χ4v) is 2.56. The first-order valence-corrected chi connectivity index (χ1v) is 8.69. The molecule has 0 heterocycles. The van der Waals surface area contributed by atoms with Gasteiger partial charge >= 0.3 is 0 Å². The van der Waals surface area contributed by atoms with Crippen molar-refractivity contribution in [2.24, 2.45) is 0 Å². The van der Waals surface area contributed by atoms with Crippen molar-refractivity contribution in [1.29, 1.82) is 0 Å². The van der Waals surface area contributed by atoms with Gasteiger partial charge in [-0.15, -0.1) is 0 Å². The standard InChI is InChI=1S/C20H25ClN2O/c1-23(2)15-14-17-8-12-19(13-9-17)22-20(24)5-3-4-16-6-10-18(21)11-7-16/h6-13H,3-5,14-15H2,1-2H3,(H,22,24). The third-order valence-corrected chi connectivity index (χ3v) is 4.12. The zero-order valence-electron chi connectivity index (χ0n) is 14.4. The van der Waals surface area contributed by atoms with Gasteiger partial charge in [-0.25, -0.2) is 0 Å². The van der Waals surface area contributed by atoms with Crippen LogP contribution in [0.2, 0.25) is 5.02 Å². The zero-order chi connectivity index (χ0) is 17.4. The van der Waals surface area contributed by atoms with Crippen LogP contribution in [0.1, 0.15) is 24.0 Å². The Balaban J connectivity index is 1.72. The highest BCUT2D eigenvalue weighted by atomic mass is 35.5. The Labute approximate surface area is 149 Å². The van der Waals surface area contributed by atoms with E-state index in [1.54, 1.807) is 0 Å². The summed E-state index contributed by atoms with van der Waals surface area (Å²) >= 11 is 5.87. The van der Waals surface area contributed by atoms with Gasteiger partial charge in [-0.1, -0.05) is 35.9 Å². The molecule has 0 aromatic heterocycles. The van der Waals surface area contributed by atoms with Gasteiger partial charge in [-0.3, -0.25) is 4.79 Å². The molecule has 0 unspecified atom stereocenters. The molecule has 0 bridgehead atoms. The summed E-state index contributed by atoms with van der Waals surface area (Å²) in [7, 11) is 4.14. The smallest absolute Gasteiger partial charge is 0.224 e. The van der Waals surface area contributed by atoms with Crippen LogP contribution in [0.5, 0.6) is 0 Å². The van der Waals surface area contributed by atoms with Crippen molar-refractivity contribution >= 4 is 23.2 Å². The van der Waals surface area contributed by atoms with Crippen LogP contribution in [-0.4, -0.2) is 31.4 Å². The minimum Gasteiger partial charge on any atom is -0.326 e. The number of amides is 1. The monoisotopic (exact) mass is 344 g/mol. The highest BCUT2D eigenvalue weighted by molar-refractivity contribution is 6.30. The number of likely N-dealkylation sites (N-methyl/N-ethyl adjacent to an activating group) is 1. The van der Waals surface area contributed by atoms with Gasteiger partial charge in [0.15, 0.2) is 0 Å². The number of carbonyl (C=O) groups is 1. The Bertz CT molecular complexity index is 636. The number of anilines is 1. The predicted octanol–water partition coefficient (Wildman–Crippen LogP) is 4.41. The molecule has 0 spiro atoms. The summed E-state index contributed by atoms with van der Waals surface area (Å²) in [5, 5.41) is 3.70. The van der Waals surface area contributed by atoms with Crippen LogP contribution in [-0.2, 0) is 17.6 Å². The number of benzene rings is 2. The minimum absolute atomic E-state index is 0.0602. The van der Waals surface area contributed by atoms with E-state index < -0.39 is 0 Å². The second kappa shape index (κ2) is 9.45. The Kier molecular flexibility index (Phi) is 7.29. The lowest BCUT2D eigenvalue weighted by molar-refractivity contribution is -0.116. The lowest BCUT2D eigenvalue weighted by atomic mass is 10.1. The molecule has 0 saturated heterocycles. The van der Waals surface area contributed by atoms with Gasteiger partial charge in [-0.05, 0) is 68.8 Å². The molecule has 3 nitrogen and oxygen atoms in total. The first-order chi connectivity index (χ1) is 11.5. The van der Waals surface area contributed by atoms with Crippen molar-refractivity contribution in [3.63, 3.8) is 0 Å². The fraction of sp³-hybridized carbons (Fsp3) is 0.350. The van der Waals surface area contributed by atoms with E-state index in [1.165, 1.54) is 11.1 Å². The summed E-state index contributed by atoms with van der Waals surface area (Å²) in [6.07, 6.45) is 3.25. The number of hydrogen-bond acceptors (Lipinski definition) is 2. The van der Waals surface area contributed by atoms with Crippen molar-refractivity contribution in [1.82, 2.24) is 4.90 Å². The Morgan fingerprint density at radius 3 is 2.17 bits per heavy atom. The van der Waals surface area contributed by atoms with Crippen molar-refractivity contribution < 1.29 is 4.79 Å². The molecule has 24 heavy (non-hydrogen) atoms. The highest BCUT2D eigenvalue weighted by Gasteiger charge is 2.03. The number of carbonyl (C=O) groups excluding carboxylic acids is 1. The third kappa shape index (κ3) is 6.73. The predicted molar refractivity (Wildman–Crippen MR) is 102 cm³/mol. The van der Waals surface area contributed by atoms with Crippen LogP contribution in [0.25, 0.3) is 0 Å². The van der Waals surface area contributed by atoms with E-state index in [9.17, 15) is 4.79 Å². The SMILES string of the molecule is CN(C)CCc1ccc(NC(=O)CCCc2ccc(Cl)cc2)cc1. The van der Waals surface area contributed by atoms with Crippen LogP contribution in [0.15, 0.2) is 48.5 Å². The molecular weight excluding hydrogens is 320 g/mol. The molecule has 2 aromatic rings. The molecule has 2 aromatic carbocycles. The summed E-state index contributed by atoms with van der Waals surface area (Å²) < 4.78 is 0. The molecule has 0 fully saturated rings. The van der Waals surface area contributed by atoms with E-state index in [4.69, 9.17) is 11.6 Å². The van der Waals surface area contributed by atoms with Crippen LogP contribution >= 0.6 is 11.6 Å². The molecule has 2 rings (SSSR count). The van der Waals surface area contributed by atoms with Crippen molar-refractivity contribution in [2.75, 3.05) is 26.0 Å². The molecule has 0 aliphatic rings. The lowest BCUT2D eigenvalue weighted by Crippen LogP contribution is -2.15. The van der Waals surface area contributed by atoms with Gasteiger partial charge in [0.25, 0.3) is 0 Å². The van der Waals surface area contributed by atoms with E-state index in [1.807, 2.05) is 36.4 Å². The summed E-state index contributed by atoms with van der Waals surface area (Å²) in [4.78, 5) is 14.2. The first-order valence-electron chi connectivity index (χ1n) is 8.31. The molecule has 0 radical (unpaired) electrons. The maximum atomic E-state index is 12.0. The molecule has 0 aliphatic carbocycles. The average molecular weight is 345 g/mol. The number of halogens is 1. The van der Waals surface area contributed by atoms with E-state index in [0.29, 0.717) is 6.42 Å². The maximum absolute atomic E-state index is 12.0. The fourth-order valence-electron chi connectivity index (χ4n) is 2.44. The molecule has 0 saturated carbocycles. The Morgan fingerprint density at radius 2 is 1.54 bits per heavy atom. The maximum Gasteiger partial charge on any atom is 0.224 e. The molecule has 1 amide bonds. The molecule has 1 N–H and O–H groups in total. The summed E-state index contributed by atoms with van der Waals surface area (Å²) in [5.74, 6) is 0.0602. The molecule has 0 aliphatic heterocycles. The summed E-state index contributed by atoms with van der Waals surface area (Å²) in [5.41, 5.74) is 3.35. The largest absolute Gasteiger partial charge is 0.326 e. The number of aryl methyl sites for hydroxylation is 1. The molecule has 4 heteroatoms. The number of rotatable bonds is 8. The van der Waals surface area contributed by atoms with Gasteiger partial charge < -0.3 is 10.2 Å². The Morgan fingerprint density at radius 1 is 0.958 bits per heavy atom. The topological polar surface area (TPSA) is 32.3 Å². The quantitative estimate of drug-likeness (QED) is 0.769. The van der Waals surface area contributed by atoms with Gasteiger partial charge in [0.2, 0.25) is 5.91 Å². The Hall–Kier alpha value is -1.84. The van der Waals surface area contributed by atoms with Gasteiger partial charge in [0.05, 0.1) is 0 Å². The zero-order valence-corrected chi connectivity index (χ0v) is 15.1. The normalized spacial score (nSPS) is 10.8. The number of nitrogens with one attached hydrogen (secondary N) is 1.